The summed E-state index contributed by atoms with van der Waals surface area (Å²) in [7, 11) is -9.94. The van der Waals surface area contributed by atoms with Crippen molar-refractivity contribution in [2.24, 2.45) is 11.8 Å². The number of rotatable bonds is 91. The molecule has 0 rings (SSSR count). The van der Waals surface area contributed by atoms with Gasteiger partial charge >= 0.3 is 39.5 Å². The van der Waals surface area contributed by atoms with Crippen LogP contribution in [0, 0.1) is 11.8 Å². The molecule has 0 aliphatic rings. The zero-order chi connectivity index (χ0) is 81.3. The number of esters is 4. The predicted molar refractivity (Wildman–Crippen MR) is 460 cm³/mol. The Morgan fingerprint density at radius 1 is 0.261 bits per heavy atom. The first-order chi connectivity index (χ1) is 53.9. The summed E-state index contributed by atoms with van der Waals surface area (Å²) in [6.45, 7) is 9.71. The lowest BCUT2D eigenvalue weighted by Crippen LogP contribution is -2.30. The molecule has 0 aromatic rings. The highest BCUT2D eigenvalue weighted by molar-refractivity contribution is 7.47. The zero-order valence-corrected chi connectivity index (χ0v) is 75.1. The quantitative estimate of drug-likeness (QED) is 0.0222. The van der Waals surface area contributed by atoms with E-state index in [4.69, 9.17) is 37.0 Å². The van der Waals surface area contributed by atoms with Gasteiger partial charge in [0.1, 0.15) is 19.3 Å². The van der Waals surface area contributed by atoms with E-state index in [-0.39, 0.29) is 25.7 Å². The molecular formula is C92H180O17P2. The molecule has 3 unspecified atom stereocenters. The van der Waals surface area contributed by atoms with Crippen molar-refractivity contribution in [2.45, 2.75) is 516 Å². The van der Waals surface area contributed by atoms with Gasteiger partial charge in [-0.25, -0.2) is 9.13 Å². The Morgan fingerprint density at radius 3 is 0.685 bits per heavy atom. The summed E-state index contributed by atoms with van der Waals surface area (Å²) >= 11 is 0. The highest BCUT2D eigenvalue weighted by Gasteiger charge is 2.31. The van der Waals surface area contributed by atoms with E-state index in [0.717, 1.165) is 102 Å². The molecule has 0 saturated heterocycles. The lowest BCUT2D eigenvalue weighted by Gasteiger charge is -2.21. The van der Waals surface area contributed by atoms with Gasteiger partial charge in [-0.2, -0.15) is 0 Å². The van der Waals surface area contributed by atoms with Crippen molar-refractivity contribution in [3.8, 4) is 0 Å². The van der Waals surface area contributed by atoms with Gasteiger partial charge in [-0.05, 0) is 37.5 Å². The molecule has 0 amide bonds. The number of carbonyl (C=O) groups excluding carboxylic acids is 4. The zero-order valence-electron chi connectivity index (χ0n) is 73.3. The smallest absolute Gasteiger partial charge is 0.462 e. The fourth-order valence-electron chi connectivity index (χ4n) is 14.4. The fourth-order valence-corrected chi connectivity index (χ4v) is 16.0. The van der Waals surface area contributed by atoms with Crippen molar-refractivity contribution in [1.29, 1.82) is 0 Å². The molecule has 0 radical (unpaired) electrons. The number of phosphoric ester groups is 2. The normalized spacial score (nSPS) is 14.0. The van der Waals surface area contributed by atoms with E-state index in [0.29, 0.717) is 25.7 Å². The van der Waals surface area contributed by atoms with Gasteiger partial charge in [0.2, 0.25) is 0 Å². The number of hydrogen-bond donors (Lipinski definition) is 3. The van der Waals surface area contributed by atoms with Crippen LogP contribution in [0.2, 0.25) is 0 Å². The third-order valence-corrected chi connectivity index (χ3v) is 24.0. The van der Waals surface area contributed by atoms with Crippen LogP contribution in [0.4, 0.5) is 0 Å². The molecule has 3 N–H and O–H groups in total. The minimum Gasteiger partial charge on any atom is -0.462 e. The van der Waals surface area contributed by atoms with E-state index in [9.17, 15) is 43.2 Å². The first kappa shape index (κ1) is 109. The van der Waals surface area contributed by atoms with Crippen molar-refractivity contribution in [2.75, 3.05) is 39.6 Å². The second kappa shape index (κ2) is 83.1. The molecule has 0 heterocycles. The van der Waals surface area contributed by atoms with Crippen molar-refractivity contribution >= 4 is 39.5 Å². The first-order valence-electron chi connectivity index (χ1n) is 47.5. The van der Waals surface area contributed by atoms with Gasteiger partial charge in [-0.15, -0.1) is 0 Å². The number of aliphatic hydroxyl groups excluding tert-OH is 1. The van der Waals surface area contributed by atoms with Crippen molar-refractivity contribution in [1.82, 2.24) is 0 Å². The van der Waals surface area contributed by atoms with Crippen LogP contribution in [0.3, 0.4) is 0 Å². The Balaban J connectivity index is 5.23. The van der Waals surface area contributed by atoms with Crippen LogP contribution in [-0.2, 0) is 65.4 Å². The summed E-state index contributed by atoms with van der Waals surface area (Å²) in [6.07, 6.45) is 78.0. The number of hydrogen-bond acceptors (Lipinski definition) is 15. The van der Waals surface area contributed by atoms with Gasteiger partial charge in [0, 0.05) is 25.7 Å². The van der Waals surface area contributed by atoms with Crippen molar-refractivity contribution in [3.05, 3.63) is 0 Å². The summed E-state index contributed by atoms with van der Waals surface area (Å²) in [5.74, 6) is -0.544. The maximum Gasteiger partial charge on any atom is 0.472 e. The third kappa shape index (κ3) is 84.3. The molecule has 0 aliphatic heterocycles. The first-order valence-corrected chi connectivity index (χ1v) is 50.5. The lowest BCUT2D eigenvalue weighted by molar-refractivity contribution is -0.161. The molecular weight excluding hydrogens is 1440 g/mol. The van der Waals surface area contributed by atoms with E-state index in [1.54, 1.807) is 0 Å². The average molecular weight is 1620 g/mol. The molecule has 0 bridgehead atoms. The van der Waals surface area contributed by atoms with Crippen LogP contribution < -0.4 is 0 Å². The Hall–Kier alpha value is -1.94. The monoisotopic (exact) mass is 1620 g/mol. The fraction of sp³-hybridized carbons (Fsp3) is 0.957. The highest BCUT2D eigenvalue weighted by Crippen LogP contribution is 2.45. The molecule has 0 saturated carbocycles. The Morgan fingerprint density at radius 2 is 0.459 bits per heavy atom. The van der Waals surface area contributed by atoms with E-state index in [2.05, 4.69) is 41.5 Å². The predicted octanol–water partition coefficient (Wildman–Crippen LogP) is 28.6. The van der Waals surface area contributed by atoms with Crippen LogP contribution in [-0.4, -0.2) is 96.7 Å². The van der Waals surface area contributed by atoms with E-state index >= 15 is 0 Å². The van der Waals surface area contributed by atoms with Crippen molar-refractivity contribution < 1.29 is 80.2 Å². The summed E-state index contributed by atoms with van der Waals surface area (Å²) in [4.78, 5) is 73.4. The number of aliphatic hydroxyl groups is 1. The van der Waals surface area contributed by atoms with Gasteiger partial charge in [-0.3, -0.25) is 37.3 Å². The molecule has 0 aromatic carbocycles. The number of phosphoric acid groups is 2. The van der Waals surface area contributed by atoms with Gasteiger partial charge < -0.3 is 33.8 Å². The molecule has 0 aliphatic carbocycles. The summed E-state index contributed by atoms with van der Waals surface area (Å²) in [5, 5.41) is 10.7. The summed E-state index contributed by atoms with van der Waals surface area (Å²) in [6, 6.07) is 0. The Labute approximate surface area is 683 Å². The number of carbonyl (C=O) groups is 4. The van der Waals surface area contributed by atoms with E-state index in [1.807, 2.05) is 0 Å². The third-order valence-electron chi connectivity index (χ3n) is 22.1. The topological polar surface area (TPSA) is 237 Å². The lowest BCUT2D eigenvalue weighted by atomic mass is 9.99. The van der Waals surface area contributed by atoms with Crippen LogP contribution in [0.15, 0.2) is 0 Å². The second-order valence-electron chi connectivity index (χ2n) is 33.8. The summed E-state index contributed by atoms with van der Waals surface area (Å²) < 4.78 is 69.1. The van der Waals surface area contributed by atoms with E-state index < -0.39 is 97.5 Å². The largest absolute Gasteiger partial charge is 0.472 e. The molecule has 0 aromatic heterocycles. The molecule has 17 nitrogen and oxygen atoms in total. The van der Waals surface area contributed by atoms with Crippen LogP contribution in [0.25, 0.3) is 0 Å². The highest BCUT2D eigenvalue weighted by atomic mass is 31.2. The van der Waals surface area contributed by atoms with Crippen LogP contribution >= 0.6 is 15.6 Å². The summed E-state index contributed by atoms with van der Waals surface area (Å²) in [5.41, 5.74) is 0. The molecule has 19 heteroatoms. The molecule has 0 spiro atoms. The molecule has 0 fully saturated rings. The van der Waals surface area contributed by atoms with Crippen LogP contribution in [0.5, 0.6) is 0 Å². The average Bonchev–Trinajstić information content (AvgIpc) is 0.902. The molecule has 6 atom stereocenters. The number of ether oxygens (including phenoxy) is 4. The Bertz CT molecular complexity index is 2120. The standard InChI is InChI=1S/C92H180O17P2/c1-7-10-12-14-16-18-20-22-24-26-28-30-32-34-36-38-40-45-49-56-62-68-74-89(94)102-80-87(108-91(96)76-70-64-58-50-46-41-39-37-35-33-31-29-27-25-23-21-19-17-15-13-11-8-2)82-106-110(98,99)104-78-86(93)79-105-111(100,101)107-83-88(81-103-90(95)75-69-63-57-53-52-55-61-67-73-85(6)9-3)109-92(97)77-71-65-59-51-47-43-42-44-48-54-60-66-72-84(4)5/h84-88,93H,7-83H2,1-6H3,(H,98,99)(H,100,101)/t85?,86-,87-,88-/m1/s1. The minimum atomic E-state index is -4.97. The van der Waals surface area contributed by atoms with Gasteiger partial charge in [0.05, 0.1) is 26.4 Å². The van der Waals surface area contributed by atoms with Crippen LogP contribution in [0.1, 0.15) is 497 Å². The van der Waals surface area contributed by atoms with Gasteiger partial charge in [-0.1, -0.05) is 446 Å². The molecule has 111 heavy (non-hydrogen) atoms. The SMILES string of the molecule is CCCCCCCCCCCCCCCCCCCCCCCCC(=O)OC[C@H](COP(=O)(O)OC[C@@H](O)COP(=O)(O)OC[C@@H](COC(=O)CCCCCCCCCCC(C)CC)OC(=O)CCCCCCCCCCCCCCC(C)C)OC(=O)CCCCCCCCCCCCCCCCCCCCCCCC. The maximum absolute atomic E-state index is 13.2. The number of unbranched alkanes of at least 4 members (excludes halogenated alkanes) is 60. The Kier molecular flexibility index (Phi) is 81.7. The van der Waals surface area contributed by atoms with E-state index in [1.165, 1.54) is 315 Å². The molecule has 660 valence electrons. The van der Waals surface area contributed by atoms with Crippen molar-refractivity contribution in [3.63, 3.8) is 0 Å². The van der Waals surface area contributed by atoms with Gasteiger partial charge in [0.15, 0.2) is 12.2 Å². The second-order valence-corrected chi connectivity index (χ2v) is 36.7. The van der Waals surface area contributed by atoms with Gasteiger partial charge in [0.25, 0.3) is 0 Å². The maximum atomic E-state index is 13.2. The minimum absolute atomic E-state index is 0.107.